The average molecular weight is 471 g/mol. The smallest absolute Gasteiger partial charge is 0.252 e. The highest BCUT2D eigenvalue weighted by atomic mass is 35.5. The molecule has 1 aliphatic heterocycles. The van der Waals surface area contributed by atoms with Crippen LogP contribution in [0, 0.1) is 0 Å². The number of thiophene rings is 1. The first-order chi connectivity index (χ1) is 14.3. The molecule has 162 valence electrons. The number of halogens is 1. The van der Waals surface area contributed by atoms with Gasteiger partial charge >= 0.3 is 0 Å². The number of benzene rings is 1. The number of nitrogens with zero attached hydrogens (tertiary/aromatic N) is 3. The van der Waals surface area contributed by atoms with Crippen molar-refractivity contribution in [3.63, 3.8) is 0 Å². The maximum atomic E-state index is 12.4. The summed E-state index contributed by atoms with van der Waals surface area (Å²) in [6, 6.07) is 10.7. The second-order valence-corrected chi connectivity index (χ2v) is 10.5. The predicted molar refractivity (Wildman–Crippen MR) is 117 cm³/mol. The highest BCUT2D eigenvalue weighted by Crippen LogP contribution is 2.21. The lowest BCUT2D eigenvalue weighted by molar-refractivity contribution is -0.133. The second-order valence-electron chi connectivity index (χ2n) is 6.82. The number of anilines is 1. The fraction of sp³-hybridized carbons (Fsp3) is 0.368. The van der Waals surface area contributed by atoms with E-state index in [-0.39, 0.29) is 23.2 Å². The Morgan fingerprint density at radius 1 is 1.17 bits per heavy atom. The predicted octanol–water partition coefficient (Wildman–Crippen LogP) is 1.49. The number of hydrogen-bond acceptors (Lipinski definition) is 6. The molecule has 1 saturated heterocycles. The zero-order valence-corrected chi connectivity index (χ0v) is 18.8. The molecule has 8 nitrogen and oxygen atoms in total. The Kier molecular flexibility index (Phi) is 7.35. The molecule has 1 aromatic heterocycles. The SMILES string of the molecule is CN(CC(=O)NCC(=O)N1CCN(c2cccc(Cl)c2)CC1)S(=O)(=O)c1cccs1. The third kappa shape index (κ3) is 5.51. The van der Waals surface area contributed by atoms with Gasteiger partial charge in [0.1, 0.15) is 4.21 Å². The zero-order valence-electron chi connectivity index (χ0n) is 16.5. The van der Waals surface area contributed by atoms with E-state index < -0.39 is 15.9 Å². The van der Waals surface area contributed by atoms with Crippen LogP contribution in [0.15, 0.2) is 46.0 Å². The van der Waals surface area contributed by atoms with Crippen LogP contribution < -0.4 is 10.2 Å². The topological polar surface area (TPSA) is 90.0 Å². The minimum atomic E-state index is -3.70. The molecule has 1 fully saturated rings. The van der Waals surface area contributed by atoms with E-state index in [9.17, 15) is 18.0 Å². The molecule has 3 rings (SSSR count). The highest BCUT2D eigenvalue weighted by molar-refractivity contribution is 7.91. The largest absolute Gasteiger partial charge is 0.368 e. The number of piperazine rings is 1. The first-order valence-electron chi connectivity index (χ1n) is 9.32. The van der Waals surface area contributed by atoms with Gasteiger partial charge in [-0.3, -0.25) is 9.59 Å². The first-order valence-corrected chi connectivity index (χ1v) is 12.0. The molecule has 2 aromatic rings. The van der Waals surface area contributed by atoms with Crippen molar-refractivity contribution in [2.45, 2.75) is 4.21 Å². The minimum Gasteiger partial charge on any atom is -0.368 e. The molecule has 0 saturated carbocycles. The molecule has 0 radical (unpaired) electrons. The molecule has 1 aliphatic rings. The van der Waals surface area contributed by atoms with Crippen molar-refractivity contribution >= 4 is 50.5 Å². The van der Waals surface area contributed by atoms with E-state index in [1.165, 1.54) is 13.1 Å². The van der Waals surface area contributed by atoms with Gasteiger partial charge in [-0.25, -0.2) is 8.42 Å². The quantitative estimate of drug-likeness (QED) is 0.662. The fourth-order valence-corrected chi connectivity index (χ4v) is 5.59. The Labute approximate surface area is 185 Å². The molecule has 0 aliphatic carbocycles. The molecule has 0 unspecified atom stereocenters. The van der Waals surface area contributed by atoms with Gasteiger partial charge in [0, 0.05) is 43.9 Å². The van der Waals surface area contributed by atoms with Crippen molar-refractivity contribution in [2.75, 3.05) is 51.2 Å². The summed E-state index contributed by atoms with van der Waals surface area (Å²) in [5.74, 6) is -0.721. The van der Waals surface area contributed by atoms with E-state index in [1.54, 1.807) is 16.3 Å². The number of sulfonamides is 1. The van der Waals surface area contributed by atoms with Crippen LogP contribution in [-0.2, 0) is 19.6 Å². The molecular formula is C19H23ClN4O4S2. The number of nitrogens with one attached hydrogen (secondary N) is 1. The number of rotatable bonds is 7. The van der Waals surface area contributed by atoms with Gasteiger partial charge in [-0.1, -0.05) is 23.7 Å². The Morgan fingerprint density at radius 2 is 1.90 bits per heavy atom. The van der Waals surface area contributed by atoms with Crippen LogP contribution >= 0.6 is 22.9 Å². The molecule has 0 spiro atoms. The third-order valence-corrected chi connectivity index (χ3v) is 8.18. The van der Waals surface area contributed by atoms with Crippen LogP contribution in [0.3, 0.4) is 0 Å². The monoisotopic (exact) mass is 470 g/mol. The Hall–Kier alpha value is -2.14. The summed E-state index contributed by atoms with van der Waals surface area (Å²) in [6.07, 6.45) is 0. The van der Waals surface area contributed by atoms with Gasteiger partial charge in [0.05, 0.1) is 13.1 Å². The van der Waals surface area contributed by atoms with Crippen molar-refractivity contribution in [3.8, 4) is 0 Å². The number of hydrogen-bond donors (Lipinski definition) is 1. The Bertz CT molecular complexity index is 990. The average Bonchev–Trinajstić information content (AvgIpc) is 3.28. The lowest BCUT2D eigenvalue weighted by atomic mass is 10.2. The summed E-state index contributed by atoms with van der Waals surface area (Å²) in [7, 11) is -2.37. The van der Waals surface area contributed by atoms with Gasteiger partial charge < -0.3 is 15.1 Å². The molecule has 0 bridgehead atoms. The summed E-state index contributed by atoms with van der Waals surface area (Å²) in [5, 5.41) is 4.84. The maximum absolute atomic E-state index is 12.4. The van der Waals surface area contributed by atoms with E-state index in [0.717, 1.165) is 21.3 Å². The molecule has 1 aromatic carbocycles. The van der Waals surface area contributed by atoms with Gasteiger partial charge in [-0.15, -0.1) is 11.3 Å². The highest BCUT2D eigenvalue weighted by Gasteiger charge is 2.25. The van der Waals surface area contributed by atoms with Gasteiger partial charge in [0.2, 0.25) is 11.8 Å². The summed E-state index contributed by atoms with van der Waals surface area (Å²) in [4.78, 5) is 28.4. The zero-order chi connectivity index (χ0) is 21.7. The second kappa shape index (κ2) is 9.78. The van der Waals surface area contributed by atoms with Gasteiger partial charge in [0.15, 0.2) is 0 Å². The summed E-state index contributed by atoms with van der Waals surface area (Å²) < 4.78 is 25.8. The van der Waals surface area contributed by atoms with Crippen LogP contribution in [0.25, 0.3) is 0 Å². The number of carbonyl (C=O) groups excluding carboxylic acids is 2. The first kappa shape index (κ1) is 22.5. The lowest BCUT2D eigenvalue weighted by Gasteiger charge is -2.36. The number of carbonyl (C=O) groups is 2. The fourth-order valence-electron chi connectivity index (χ4n) is 3.08. The molecule has 1 N–H and O–H groups in total. The van der Waals surface area contributed by atoms with E-state index in [2.05, 4.69) is 10.2 Å². The normalized spacial score (nSPS) is 14.8. The summed E-state index contributed by atoms with van der Waals surface area (Å²) >= 11 is 7.12. The molecule has 0 atom stereocenters. The minimum absolute atomic E-state index is 0.164. The van der Waals surface area contributed by atoms with Crippen molar-refractivity contribution < 1.29 is 18.0 Å². The van der Waals surface area contributed by atoms with E-state index in [4.69, 9.17) is 11.6 Å². The van der Waals surface area contributed by atoms with Gasteiger partial charge in [-0.2, -0.15) is 4.31 Å². The van der Waals surface area contributed by atoms with Crippen LogP contribution in [-0.4, -0.2) is 75.8 Å². The van der Waals surface area contributed by atoms with E-state index in [0.29, 0.717) is 31.2 Å². The summed E-state index contributed by atoms with van der Waals surface area (Å²) in [6.45, 7) is 1.89. The van der Waals surface area contributed by atoms with Gasteiger partial charge in [0.25, 0.3) is 10.0 Å². The van der Waals surface area contributed by atoms with E-state index >= 15 is 0 Å². The van der Waals surface area contributed by atoms with Crippen LogP contribution in [0.1, 0.15) is 0 Å². The Morgan fingerprint density at radius 3 is 2.53 bits per heavy atom. The van der Waals surface area contributed by atoms with Crippen LogP contribution in [0.4, 0.5) is 5.69 Å². The maximum Gasteiger partial charge on any atom is 0.252 e. The van der Waals surface area contributed by atoms with Crippen molar-refractivity contribution in [3.05, 3.63) is 46.8 Å². The van der Waals surface area contributed by atoms with E-state index in [1.807, 2.05) is 24.3 Å². The van der Waals surface area contributed by atoms with Crippen LogP contribution in [0.5, 0.6) is 0 Å². The van der Waals surface area contributed by atoms with Crippen molar-refractivity contribution in [1.29, 1.82) is 0 Å². The third-order valence-electron chi connectivity index (χ3n) is 4.77. The summed E-state index contributed by atoms with van der Waals surface area (Å²) in [5.41, 5.74) is 1.01. The van der Waals surface area contributed by atoms with Gasteiger partial charge in [-0.05, 0) is 29.6 Å². The molecule has 2 amide bonds. The molecule has 2 heterocycles. The lowest BCUT2D eigenvalue weighted by Crippen LogP contribution is -2.51. The van der Waals surface area contributed by atoms with Crippen molar-refractivity contribution in [1.82, 2.24) is 14.5 Å². The van der Waals surface area contributed by atoms with Crippen LogP contribution in [0.2, 0.25) is 5.02 Å². The molecule has 30 heavy (non-hydrogen) atoms. The molecular weight excluding hydrogens is 448 g/mol. The Balaban J connectivity index is 1.44. The van der Waals surface area contributed by atoms with Crippen molar-refractivity contribution in [2.24, 2.45) is 0 Å². The molecule has 11 heteroatoms. The number of likely N-dealkylation sites (N-methyl/N-ethyl adjacent to an activating group) is 1. The standard InChI is InChI=1S/C19H23ClN4O4S2/c1-22(30(27,28)19-6-3-11-29-19)14-17(25)21-13-18(26)24-9-7-23(8-10-24)16-5-2-4-15(20)12-16/h2-6,11-12H,7-10,13-14H2,1H3,(H,21,25). The number of amides is 2.